The van der Waals surface area contributed by atoms with Crippen LogP contribution in [0.15, 0.2) is 12.2 Å². The minimum absolute atomic E-state index is 0.0434. The van der Waals surface area contributed by atoms with Crippen molar-refractivity contribution in [3.8, 4) is 0 Å². The first-order valence-corrected chi connectivity index (χ1v) is 5.10. The lowest BCUT2D eigenvalue weighted by atomic mass is 10.2. The minimum Gasteiger partial charge on any atom is -0.444 e. The molecule has 1 rings (SSSR count). The predicted octanol–water partition coefficient (Wildman–Crippen LogP) is 1.54. The van der Waals surface area contributed by atoms with Crippen LogP contribution >= 0.6 is 0 Å². The van der Waals surface area contributed by atoms with E-state index in [0.29, 0.717) is 13.0 Å². The Labute approximate surface area is 90.5 Å². The maximum absolute atomic E-state index is 11.7. The number of likely N-dealkylation sites (tertiary alicyclic amines) is 1. The molecule has 1 unspecified atom stereocenters. The first kappa shape index (κ1) is 12.0. The summed E-state index contributed by atoms with van der Waals surface area (Å²) in [4.78, 5) is 13.3. The molecule has 0 aromatic rings. The zero-order chi connectivity index (χ0) is 11.6. The van der Waals surface area contributed by atoms with E-state index >= 15 is 0 Å². The Balaban J connectivity index is 2.63. The van der Waals surface area contributed by atoms with Crippen LogP contribution in [-0.2, 0) is 4.74 Å². The van der Waals surface area contributed by atoms with E-state index in [1.165, 1.54) is 4.90 Å². The Morgan fingerprint density at radius 3 is 2.73 bits per heavy atom. The van der Waals surface area contributed by atoms with Gasteiger partial charge in [-0.25, -0.2) is 4.79 Å². The van der Waals surface area contributed by atoms with Gasteiger partial charge < -0.3 is 9.84 Å². The van der Waals surface area contributed by atoms with Crippen molar-refractivity contribution in [1.29, 1.82) is 0 Å². The fourth-order valence-electron chi connectivity index (χ4n) is 1.58. The number of amides is 1. The molecule has 86 valence electrons. The van der Waals surface area contributed by atoms with Gasteiger partial charge in [-0.15, -0.1) is 0 Å². The van der Waals surface area contributed by atoms with Gasteiger partial charge in [-0.1, -0.05) is 12.2 Å². The Hall–Kier alpha value is -1.03. The third-order valence-corrected chi connectivity index (χ3v) is 2.20. The van der Waals surface area contributed by atoms with Gasteiger partial charge >= 0.3 is 6.09 Å². The van der Waals surface area contributed by atoms with Crippen molar-refractivity contribution >= 4 is 6.09 Å². The molecule has 1 fully saturated rings. The Bertz CT molecular complexity index is 267. The van der Waals surface area contributed by atoms with Crippen LogP contribution in [0.25, 0.3) is 0 Å². The number of aliphatic hydroxyl groups is 1. The highest BCUT2D eigenvalue weighted by atomic mass is 16.6. The first-order chi connectivity index (χ1) is 6.83. The van der Waals surface area contributed by atoms with E-state index < -0.39 is 5.60 Å². The lowest BCUT2D eigenvalue weighted by molar-refractivity contribution is 0.0178. The van der Waals surface area contributed by atoms with Crippen LogP contribution in [0.3, 0.4) is 0 Å². The Kier molecular flexibility index (Phi) is 3.39. The molecule has 0 radical (unpaired) electrons. The van der Waals surface area contributed by atoms with E-state index in [0.717, 1.165) is 5.57 Å². The molecule has 15 heavy (non-hydrogen) atoms. The van der Waals surface area contributed by atoms with Crippen molar-refractivity contribution in [3.63, 3.8) is 0 Å². The van der Waals surface area contributed by atoms with Gasteiger partial charge in [0.1, 0.15) is 5.60 Å². The molecular weight excluding hydrogens is 194 g/mol. The van der Waals surface area contributed by atoms with Crippen LogP contribution < -0.4 is 0 Å². The summed E-state index contributed by atoms with van der Waals surface area (Å²) in [5, 5.41) is 9.11. The van der Waals surface area contributed by atoms with E-state index in [1.807, 2.05) is 20.8 Å². The second kappa shape index (κ2) is 4.23. The first-order valence-electron chi connectivity index (χ1n) is 5.10. The fourth-order valence-corrected chi connectivity index (χ4v) is 1.58. The smallest absolute Gasteiger partial charge is 0.410 e. The fraction of sp³-hybridized carbons (Fsp3) is 0.727. The van der Waals surface area contributed by atoms with Gasteiger partial charge in [0.2, 0.25) is 0 Å². The summed E-state index contributed by atoms with van der Waals surface area (Å²) < 4.78 is 5.24. The second-order valence-electron chi connectivity index (χ2n) is 4.90. The highest BCUT2D eigenvalue weighted by Gasteiger charge is 2.33. The summed E-state index contributed by atoms with van der Waals surface area (Å²) in [7, 11) is 0. The number of ether oxygens (including phenoxy) is 1. The zero-order valence-corrected chi connectivity index (χ0v) is 9.62. The summed E-state index contributed by atoms with van der Waals surface area (Å²) >= 11 is 0. The number of carbonyl (C=O) groups excluding carboxylic acids is 1. The molecule has 1 aliphatic rings. The topological polar surface area (TPSA) is 49.8 Å². The highest BCUT2D eigenvalue weighted by molar-refractivity contribution is 5.69. The van der Waals surface area contributed by atoms with E-state index in [-0.39, 0.29) is 18.7 Å². The van der Waals surface area contributed by atoms with Crippen LogP contribution in [0.4, 0.5) is 4.79 Å². The number of hydrogen-bond acceptors (Lipinski definition) is 3. The number of nitrogens with zero attached hydrogens (tertiary/aromatic N) is 1. The molecule has 1 amide bonds. The average Bonchev–Trinajstić information content (AvgIpc) is 2.43. The van der Waals surface area contributed by atoms with Gasteiger partial charge in [0.25, 0.3) is 0 Å². The molecule has 0 spiro atoms. The summed E-state index contributed by atoms with van der Waals surface area (Å²) in [5.41, 5.74) is 0.459. The molecule has 0 aromatic carbocycles. The van der Waals surface area contributed by atoms with Gasteiger partial charge in [-0.3, -0.25) is 4.90 Å². The average molecular weight is 213 g/mol. The van der Waals surface area contributed by atoms with Crippen LogP contribution in [-0.4, -0.2) is 40.9 Å². The number of aliphatic hydroxyl groups excluding tert-OH is 1. The molecular formula is C11H19NO3. The van der Waals surface area contributed by atoms with E-state index in [1.54, 1.807) is 0 Å². The third-order valence-electron chi connectivity index (χ3n) is 2.20. The van der Waals surface area contributed by atoms with Gasteiger partial charge in [0, 0.05) is 6.54 Å². The molecule has 1 heterocycles. The maximum Gasteiger partial charge on any atom is 0.410 e. The Morgan fingerprint density at radius 2 is 2.27 bits per heavy atom. The molecule has 0 aromatic heterocycles. The molecule has 0 bridgehead atoms. The molecule has 1 N–H and O–H groups in total. The molecule has 4 nitrogen and oxygen atoms in total. The molecule has 1 aliphatic heterocycles. The molecule has 4 heteroatoms. The minimum atomic E-state index is -0.499. The van der Waals surface area contributed by atoms with Crippen LogP contribution in [0.2, 0.25) is 0 Å². The van der Waals surface area contributed by atoms with Crippen molar-refractivity contribution in [2.24, 2.45) is 0 Å². The van der Waals surface area contributed by atoms with Gasteiger partial charge in [0.15, 0.2) is 0 Å². The quantitative estimate of drug-likeness (QED) is 0.672. The lowest BCUT2D eigenvalue weighted by Gasteiger charge is -2.27. The van der Waals surface area contributed by atoms with Crippen molar-refractivity contribution in [1.82, 2.24) is 4.90 Å². The molecule has 1 saturated heterocycles. The largest absolute Gasteiger partial charge is 0.444 e. The maximum atomic E-state index is 11.7. The van der Waals surface area contributed by atoms with E-state index in [9.17, 15) is 4.79 Å². The van der Waals surface area contributed by atoms with Crippen LogP contribution in [0.1, 0.15) is 27.2 Å². The number of hydrogen-bond donors (Lipinski definition) is 1. The zero-order valence-electron chi connectivity index (χ0n) is 9.62. The summed E-state index contributed by atoms with van der Waals surface area (Å²) in [6, 6.07) is -0.174. The predicted molar refractivity (Wildman–Crippen MR) is 57.6 cm³/mol. The van der Waals surface area contributed by atoms with Crippen LogP contribution in [0.5, 0.6) is 0 Å². The van der Waals surface area contributed by atoms with Crippen molar-refractivity contribution in [2.75, 3.05) is 13.2 Å². The molecule has 0 saturated carbocycles. The highest BCUT2D eigenvalue weighted by Crippen LogP contribution is 2.23. The molecule has 0 aliphatic carbocycles. The normalized spacial score (nSPS) is 22.0. The van der Waals surface area contributed by atoms with Crippen LogP contribution in [0, 0.1) is 0 Å². The van der Waals surface area contributed by atoms with Crippen molar-refractivity contribution in [3.05, 3.63) is 12.2 Å². The summed E-state index contributed by atoms with van der Waals surface area (Å²) in [5.74, 6) is 0. The monoisotopic (exact) mass is 213 g/mol. The van der Waals surface area contributed by atoms with E-state index in [2.05, 4.69) is 6.58 Å². The van der Waals surface area contributed by atoms with Gasteiger partial charge in [-0.05, 0) is 27.2 Å². The number of carbonyl (C=O) groups is 1. The standard InChI is InChI=1S/C11H19NO3/c1-8-5-9(7-13)12(6-8)10(14)15-11(2,3)4/h9,13H,1,5-7H2,2-4H3. The van der Waals surface area contributed by atoms with Crippen molar-refractivity contribution < 1.29 is 14.6 Å². The van der Waals surface area contributed by atoms with Gasteiger partial charge in [0.05, 0.1) is 12.6 Å². The molecule has 1 atom stereocenters. The second-order valence-corrected chi connectivity index (χ2v) is 4.90. The van der Waals surface area contributed by atoms with Crippen molar-refractivity contribution in [2.45, 2.75) is 38.8 Å². The van der Waals surface area contributed by atoms with Gasteiger partial charge in [-0.2, -0.15) is 0 Å². The van der Waals surface area contributed by atoms with E-state index in [4.69, 9.17) is 9.84 Å². The SMILES string of the molecule is C=C1CC(CO)N(C(=O)OC(C)(C)C)C1. The lowest BCUT2D eigenvalue weighted by Crippen LogP contribution is -2.41. The summed E-state index contributed by atoms with van der Waals surface area (Å²) in [6.07, 6.45) is 0.288. The third kappa shape index (κ3) is 3.23. The Morgan fingerprint density at radius 1 is 1.67 bits per heavy atom. The summed E-state index contributed by atoms with van der Waals surface area (Å²) in [6.45, 7) is 9.73. The number of rotatable bonds is 1.